The van der Waals surface area contributed by atoms with E-state index in [1.807, 2.05) is 26.0 Å². The molecule has 1 aliphatic rings. The normalized spacial score (nSPS) is 21.5. The molecule has 1 fully saturated rings. The number of benzene rings is 1. The van der Waals surface area contributed by atoms with Crippen LogP contribution >= 0.6 is 18.6 Å². The second kappa shape index (κ2) is 10.7. The fourth-order valence-corrected chi connectivity index (χ4v) is 2.81. The summed E-state index contributed by atoms with van der Waals surface area (Å²) in [5, 5.41) is 10.4. The molecular weight excluding hydrogens is 353 g/mol. The molecule has 0 aromatic heterocycles. The number of aromatic hydroxyl groups is 1. The molecule has 0 atom stereocenters. The Balaban J connectivity index is 0.000000745. The van der Waals surface area contributed by atoms with E-state index in [1.165, 1.54) is 25.7 Å². The van der Waals surface area contributed by atoms with Crippen molar-refractivity contribution >= 4 is 24.8 Å². The molecule has 1 aromatic carbocycles. The van der Waals surface area contributed by atoms with Gasteiger partial charge in [-0.2, -0.15) is 0 Å². The Morgan fingerprint density at radius 2 is 1.82 bits per heavy atom. The fourth-order valence-electron chi connectivity index (χ4n) is 2.81. The summed E-state index contributed by atoms with van der Waals surface area (Å²) in [5.74, 6) is 1.79. The van der Waals surface area contributed by atoms with Crippen molar-refractivity contribution < 1.29 is 22.1 Å². The van der Waals surface area contributed by atoms with E-state index >= 15 is 0 Å². The second-order valence-corrected chi connectivity index (χ2v) is 8.76. The summed E-state index contributed by atoms with van der Waals surface area (Å²) in [4.78, 5) is 4.37. The molecule has 2 nitrogen and oxygen atoms in total. The van der Waals surface area contributed by atoms with E-state index in [2.05, 4.69) is 18.0 Å². The molecule has 0 radical (unpaired) electrons. The SMILES string of the molecule is CC1CCC(c2cccc(C=NC(C)C)c2O)CC1.[Cl][Ti][Cl]. The van der Waals surface area contributed by atoms with E-state index in [4.69, 9.17) is 18.6 Å². The van der Waals surface area contributed by atoms with Gasteiger partial charge in [-0.05, 0) is 50.2 Å². The molecule has 1 aromatic rings. The van der Waals surface area contributed by atoms with Gasteiger partial charge in [0.15, 0.2) is 0 Å². The number of phenolic OH excluding ortho intramolecular Hbond substituents is 1. The van der Waals surface area contributed by atoms with Gasteiger partial charge in [-0.3, -0.25) is 4.99 Å². The summed E-state index contributed by atoms with van der Waals surface area (Å²) in [6, 6.07) is 6.31. The van der Waals surface area contributed by atoms with Crippen LogP contribution in [-0.4, -0.2) is 17.4 Å². The van der Waals surface area contributed by atoms with Gasteiger partial charge in [0.1, 0.15) is 5.75 Å². The van der Waals surface area contributed by atoms with Gasteiger partial charge >= 0.3 is 35.6 Å². The third-order valence-corrected chi connectivity index (χ3v) is 4.07. The Bertz CT molecular complexity index is 472. The predicted molar refractivity (Wildman–Crippen MR) is 92.9 cm³/mol. The number of nitrogens with zero attached hydrogens (tertiary/aromatic N) is 1. The summed E-state index contributed by atoms with van der Waals surface area (Å²) in [5.41, 5.74) is 1.96. The van der Waals surface area contributed by atoms with Gasteiger partial charge in [0, 0.05) is 17.8 Å². The molecule has 1 aliphatic carbocycles. The van der Waals surface area contributed by atoms with Crippen molar-refractivity contribution in [2.24, 2.45) is 10.9 Å². The van der Waals surface area contributed by atoms with Crippen LogP contribution in [-0.2, 0) is 17.0 Å². The fraction of sp³-hybridized carbons (Fsp3) is 0.588. The molecule has 1 N–H and O–H groups in total. The molecule has 1 saturated carbocycles. The zero-order valence-electron chi connectivity index (χ0n) is 13.5. The van der Waals surface area contributed by atoms with Gasteiger partial charge in [-0.1, -0.05) is 31.9 Å². The van der Waals surface area contributed by atoms with Crippen LogP contribution in [0.3, 0.4) is 0 Å². The molecular formula is C17H25Cl2NOTi. The van der Waals surface area contributed by atoms with Crippen molar-refractivity contribution in [1.82, 2.24) is 0 Å². The maximum atomic E-state index is 10.4. The van der Waals surface area contributed by atoms with Crippen LogP contribution < -0.4 is 0 Å². The summed E-state index contributed by atoms with van der Waals surface area (Å²) in [6.07, 6.45) is 6.73. The molecule has 0 heterocycles. The van der Waals surface area contributed by atoms with Crippen LogP contribution in [0, 0.1) is 5.92 Å². The van der Waals surface area contributed by atoms with Crippen LogP contribution in [0.25, 0.3) is 0 Å². The van der Waals surface area contributed by atoms with Crippen LogP contribution in [0.1, 0.15) is 63.5 Å². The van der Waals surface area contributed by atoms with Crippen molar-refractivity contribution in [3.05, 3.63) is 29.3 Å². The van der Waals surface area contributed by atoms with E-state index in [0.717, 1.165) is 17.0 Å². The van der Waals surface area contributed by atoms with E-state index in [9.17, 15) is 5.11 Å². The first-order valence-electron chi connectivity index (χ1n) is 7.80. The summed E-state index contributed by atoms with van der Waals surface area (Å²) >= 11 is -0.556. The first-order chi connectivity index (χ1) is 10.5. The zero-order valence-corrected chi connectivity index (χ0v) is 16.6. The molecule has 2 rings (SSSR count). The molecule has 0 unspecified atom stereocenters. The minimum atomic E-state index is -0.556. The number of hydrogen-bond donors (Lipinski definition) is 1. The summed E-state index contributed by atoms with van der Waals surface area (Å²) < 4.78 is 0. The van der Waals surface area contributed by atoms with E-state index in [0.29, 0.717) is 11.7 Å². The Kier molecular flexibility index (Phi) is 9.74. The molecule has 122 valence electrons. The van der Waals surface area contributed by atoms with Gasteiger partial charge in [-0.25, -0.2) is 0 Å². The Hall–Kier alpha value is -0.0157. The van der Waals surface area contributed by atoms with Crippen LogP contribution in [0.2, 0.25) is 0 Å². The third kappa shape index (κ3) is 6.62. The number of hydrogen-bond acceptors (Lipinski definition) is 2. The van der Waals surface area contributed by atoms with Crippen molar-refractivity contribution in [2.45, 2.75) is 58.4 Å². The molecule has 5 heteroatoms. The van der Waals surface area contributed by atoms with Crippen molar-refractivity contribution in [3.63, 3.8) is 0 Å². The zero-order chi connectivity index (χ0) is 16.5. The summed E-state index contributed by atoms with van der Waals surface area (Å²) in [6.45, 7) is 6.40. The van der Waals surface area contributed by atoms with E-state index in [-0.39, 0.29) is 6.04 Å². The summed E-state index contributed by atoms with van der Waals surface area (Å²) in [7, 11) is 9.78. The topological polar surface area (TPSA) is 32.6 Å². The minimum absolute atomic E-state index is 0.263. The Labute approximate surface area is 151 Å². The molecule has 0 amide bonds. The third-order valence-electron chi connectivity index (χ3n) is 4.07. The van der Waals surface area contributed by atoms with Gasteiger partial charge in [0.25, 0.3) is 0 Å². The van der Waals surface area contributed by atoms with Crippen molar-refractivity contribution in [3.8, 4) is 5.75 Å². The molecule has 0 spiro atoms. The molecule has 22 heavy (non-hydrogen) atoms. The second-order valence-electron chi connectivity index (χ2n) is 6.19. The van der Waals surface area contributed by atoms with E-state index in [1.54, 1.807) is 6.21 Å². The number of rotatable bonds is 3. The van der Waals surface area contributed by atoms with Crippen molar-refractivity contribution in [1.29, 1.82) is 0 Å². The van der Waals surface area contributed by atoms with Gasteiger partial charge < -0.3 is 5.11 Å². The predicted octanol–water partition coefficient (Wildman–Crippen LogP) is 5.89. The van der Waals surface area contributed by atoms with Crippen LogP contribution in [0.5, 0.6) is 5.75 Å². The van der Waals surface area contributed by atoms with Crippen molar-refractivity contribution in [2.75, 3.05) is 0 Å². The number of phenols is 1. The number of aliphatic imine (C=N–C) groups is 1. The average Bonchev–Trinajstić information content (AvgIpc) is 2.48. The first kappa shape index (κ1) is 20.0. The quantitative estimate of drug-likeness (QED) is 0.516. The number of halogens is 2. The molecule has 0 saturated heterocycles. The van der Waals surface area contributed by atoms with E-state index < -0.39 is 17.0 Å². The van der Waals surface area contributed by atoms with Gasteiger partial charge in [0.2, 0.25) is 0 Å². The first-order valence-corrected chi connectivity index (χ1v) is 12.1. The Morgan fingerprint density at radius 1 is 1.23 bits per heavy atom. The molecule has 0 aliphatic heterocycles. The van der Waals surface area contributed by atoms with Gasteiger partial charge in [-0.15, -0.1) is 0 Å². The standard InChI is InChI=1S/C17H25NO.2ClH.Ti/c1-12(2)18-11-15-5-4-6-16(17(15)19)14-9-7-13(3)8-10-14;;;/h4-6,11-14,19H,7-10H2,1-3H3;2*1H;/q;;;+2/p-2. The number of para-hydroxylation sites is 1. The maximum absolute atomic E-state index is 10.4. The van der Waals surface area contributed by atoms with Crippen LogP contribution in [0.4, 0.5) is 0 Å². The van der Waals surface area contributed by atoms with Crippen LogP contribution in [0.15, 0.2) is 23.2 Å². The average molecular weight is 378 g/mol. The molecule has 0 bridgehead atoms. The van der Waals surface area contributed by atoms with Gasteiger partial charge in [0.05, 0.1) is 0 Å². The monoisotopic (exact) mass is 377 g/mol. The Morgan fingerprint density at radius 3 is 2.36 bits per heavy atom.